The van der Waals surface area contributed by atoms with Crippen LogP contribution in [0.2, 0.25) is 0 Å². The summed E-state index contributed by atoms with van der Waals surface area (Å²) < 4.78 is 0. The first-order valence-corrected chi connectivity index (χ1v) is 3.65. The highest BCUT2D eigenvalue weighted by Crippen LogP contribution is 2.14. The molecule has 1 aliphatic rings. The molecule has 0 aromatic heterocycles. The molecule has 0 bridgehead atoms. The van der Waals surface area contributed by atoms with E-state index in [-0.39, 0.29) is 12.1 Å². The Morgan fingerprint density at radius 3 is 1.30 bits per heavy atom. The third kappa shape index (κ3) is 3.12. The molecule has 1 saturated carbocycles. The van der Waals surface area contributed by atoms with Gasteiger partial charge in [-0.2, -0.15) is 0 Å². The van der Waals surface area contributed by atoms with Gasteiger partial charge in [-0.25, -0.2) is 0 Å². The van der Waals surface area contributed by atoms with Gasteiger partial charge in [0.2, 0.25) is 0 Å². The molecule has 0 aliphatic heterocycles. The van der Waals surface area contributed by atoms with Crippen LogP contribution in [-0.2, 0) is 0 Å². The minimum atomic E-state index is 0.281. The van der Waals surface area contributed by atoms with Crippen LogP contribution in [-0.4, -0.2) is 12.1 Å². The molecule has 1 aliphatic carbocycles. The molecule has 4 heteroatoms. The summed E-state index contributed by atoms with van der Waals surface area (Å²) in [4.78, 5) is 0. The summed E-state index contributed by atoms with van der Waals surface area (Å²) in [5.74, 6) is 8.00. The predicted octanol–water partition coefficient (Wildman–Crippen LogP) is -0.966. The fraction of sp³-hybridized carbons (Fsp3) is 1.00. The van der Waals surface area contributed by atoms with Crippen molar-refractivity contribution in [2.45, 2.75) is 37.8 Å². The average Bonchev–Trinajstić information content (AvgIpc) is 2.00. The molecule has 0 aromatic carbocycles. The Labute approximate surface area is 61.9 Å². The van der Waals surface area contributed by atoms with Gasteiger partial charge in [0.25, 0.3) is 0 Å². The third-order valence-corrected chi connectivity index (χ3v) is 1.87. The normalized spacial score (nSPS) is 32.4. The quantitative estimate of drug-likeness (QED) is 0.261. The predicted molar refractivity (Wildman–Crippen MR) is 42.8 cm³/mol. The van der Waals surface area contributed by atoms with E-state index in [4.69, 9.17) is 11.5 Å². The second-order valence-corrected chi connectivity index (χ2v) is 2.61. The first-order chi connectivity index (χ1) is 4.80. The smallest absolute Gasteiger partial charge is 0.0192 e. The second kappa shape index (κ2) is 5.61. The van der Waals surface area contributed by atoms with Gasteiger partial charge in [0.05, 0.1) is 0 Å². The van der Waals surface area contributed by atoms with E-state index in [9.17, 15) is 0 Å². The Hall–Kier alpha value is -0.160. The zero-order valence-electron chi connectivity index (χ0n) is 6.29. The van der Waals surface area contributed by atoms with E-state index >= 15 is 0 Å². The van der Waals surface area contributed by atoms with Crippen molar-refractivity contribution in [2.24, 2.45) is 23.2 Å². The van der Waals surface area contributed by atoms with Crippen LogP contribution in [0.5, 0.6) is 0 Å². The minimum absolute atomic E-state index is 0.281. The highest BCUT2D eigenvalue weighted by Gasteiger charge is 2.16. The minimum Gasteiger partial charge on any atom is -0.326 e. The van der Waals surface area contributed by atoms with E-state index in [2.05, 4.69) is 11.7 Å². The van der Waals surface area contributed by atoms with Crippen molar-refractivity contribution < 1.29 is 0 Å². The van der Waals surface area contributed by atoms with Crippen LogP contribution >= 0.6 is 0 Å². The largest absolute Gasteiger partial charge is 0.326 e. The number of hydrazine groups is 1. The first kappa shape index (κ1) is 9.84. The molecule has 2 atom stereocenters. The second-order valence-electron chi connectivity index (χ2n) is 2.61. The van der Waals surface area contributed by atoms with E-state index in [1.165, 1.54) is 12.8 Å². The molecule has 2 unspecified atom stereocenters. The van der Waals surface area contributed by atoms with Crippen LogP contribution in [0, 0.1) is 0 Å². The van der Waals surface area contributed by atoms with Crippen molar-refractivity contribution in [1.29, 1.82) is 0 Å². The Kier molecular flexibility index (Phi) is 5.52. The molecule has 0 radical (unpaired) electrons. The summed E-state index contributed by atoms with van der Waals surface area (Å²) in [7, 11) is 0. The highest BCUT2D eigenvalue weighted by molar-refractivity contribution is 4.79. The fourth-order valence-corrected chi connectivity index (χ4v) is 1.19. The lowest BCUT2D eigenvalue weighted by Gasteiger charge is -2.24. The van der Waals surface area contributed by atoms with Crippen LogP contribution < -0.4 is 23.2 Å². The Morgan fingerprint density at radius 1 is 0.800 bits per heavy atom. The maximum atomic E-state index is 5.65. The van der Waals surface area contributed by atoms with E-state index in [1.54, 1.807) is 0 Å². The monoisotopic (exact) mass is 146 g/mol. The van der Waals surface area contributed by atoms with E-state index < -0.39 is 0 Å². The van der Waals surface area contributed by atoms with Crippen LogP contribution in [0.25, 0.3) is 0 Å². The van der Waals surface area contributed by atoms with Crippen molar-refractivity contribution in [3.05, 3.63) is 0 Å². The van der Waals surface area contributed by atoms with Crippen molar-refractivity contribution >= 4 is 0 Å². The van der Waals surface area contributed by atoms with Gasteiger partial charge in [0, 0.05) is 12.1 Å². The van der Waals surface area contributed by atoms with Gasteiger partial charge >= 0.3 is 0 Å². The highest BCUT2D eigenvalue weighted by atomic mass is 15.0. The van der Waals surface area contributed by atoms with Gasteiger partial charge < -0.3 is 11.5 Å². The average molecular weight is 146 g/mol. The van der Waals surface area contributed by atoms with E-state index in [0.29, 0.717) is 0 Å². The van der Waals surface area contributed by atoms with Gasteiger partial charge in [0.1, 0.15) is 0 Å². The van der Waals surface area contributed by atoms with Crippen molar-refractivity contribution in [2.75, 3.05) is 0 Å². The molecule has 0 aromatic rings. The lowest BCUT2D eigenvalue weighted by atomic mass is 9.92. The Balaban J connectivity index is 0.000000371. The maximum absolute atomic E-state index is 5.65. The zero-order valence-corrected chi connectivity index (χ0v) is 6.29. The molecule has 0 amide bonds. The summed E-state index contributed by atoms with van der Waals surface area (Å²) in [6.07, 6.45) is 4.80. The van der Waals surface area contributed by atoms with Gasteiger partial charge in [-0.1, -0.05) is 12.8 Å². The van der Waals surface area contributed by atoms with Crippen LogP contribution in [0.1, 0.15) is 25.7 Å². The van der Waals surface area contributed by atoms with Crippen LogP contribution in [0.3, 0.4) is 0 Å². The SMILES string of the molecule is NC1CCCCC1N.NN. The summed E-state index contributed by atoms with van der Waals surface area (Å²) in [6.45, 7) is 0. The number of rotatable bonds is 0. The van der Waals surface area contributed by atoms with Crippen molar-refractivity contribution in [3.63, 3.8) is 0 Å². The molecule has 62 valence electrons. The van der Waals surface area contributed by atoms with Crippen molar-refractivity contribution in [3.8, 4) is 0 Å². The van der Waals surface area contributed by atoms with E-state index in [0.717, 1.165) is 12.8 Å². The van der Waals surface area contributed by atoms with Crippen LogP contribution in [0.4, 0.5) is 0 Å². The molecule has 8 N–H and O–H groups in total. The topological polar surface area (TPSA) is 104 Å². The van der Waals surface area contributed by atoms with Gasteiger partial charge in [-0.3, -0.25) is 11.7 Å². The maximum Gasteiger partial charge on any atom is 0.0192 e. The summed E-state index contributed by atoms with van der Waals surface area (Å²) in [5.41, 5.74) is 11.3. The lowest BCUT2D eigenvalue weighted by molar-refractivity contribution is 0.385. The number of hydrogen-bond donors (Lipinski definition) is 4. The summed E-state index contributed by atoms with van der Waals surface area (Å²) >= 11 is 0. The first-order valence-electron chi connectivity index (χ1n) is 3.65. The van der Waals surface area contributed by atoms with Crippen LogP contribution in [0.15, 0.2) is 0 Å². The summed E-state index contributed by atoms with van der Waals surface area (Å²) in [6, 6.07) is 0.562. The zero-order chi connectivity index (χ0) is 7.98. The molecule has 10 heavy (non-hydrogen) atoms. The Bertz CT molecular complexity index is 66.1. The van der Waals surface area contributed by atoms with Gasteiger partial charge in [-0.15, -0.1) is 0 Å². The molecule has 1 fully saturated rings. The fourth-order valence-electron chi connectivity index (χ4n) is 1.19. The number of nitrogens with two attached hydrogens (primary N) is 4. The Morgan fingerprint density at radius 2 is 1.10 bits per heavy atom. The van der Waals surface area contributed by atoms with Gasteiger partial charge in [-0.05, 0) is 12.8 Å². The van der Waals surface area contributed by atoms with Crippen molar-refractivity contribution in [1.82, 2.24) is 0 Å². The molecule has 4 nitrogen and oxygen atoms in total. The van der Waals surface area contributed by atoms with E-state index in [1.807, 2.05) is 0 Å². The molecule has 0 saturated heterocycles. The molecule has 0 heterocycles. The lowest BCUT2D eigenvalue weighted by Crippen LogP contribution is -2.43. The molecule has 1 rings (SSSR count). The molecular formula is C6H18N4. The third-order valence-electron chi connectivity index (χ3n) is 1.87. The molecule has 0 spiro atoms. The number of hydrogen-bond acceptors (Lipinski definition) is 4. The van der Waals surface area contributed by atoms with Gasteiger partial charge in [0.15, 0.2) is 0 Å². The summed E-state index contributed by atoms with van der Waals surface area (Å²) in [5, 5.41) is 0. The molecular weight excluding hydrogens is 128 g/mol. The standard InChI is InChI=1S/C6H14N2.H4N2/c7-5-3-1-2-4-6(5)8;1-2/h5-6H,1-4,7-8H2;1-2H2.